The predicted octanol–water partition coefficient (Wildman–Crippen LogP) is 4.55. The van der Waals surface area contributed by atoms with Crippen molar-refractivity contribution in [2.75, 3.05) is 11.9 Å². The minimum Gasteiger partial charge on any atom is -0.325 e. The highest BCUT2D eigenvalue weighted by Gasteiger charge is 2.35. The van der Waals surface area contributed by atoms with Crippen molar-refractivity contribution in [3.8, 4) is 5.69 Å². The lowest BCUT2D eigenvalue weighted by Crippen LogP contribution is -2.38. The van der Waals surface area contributed by atoms with Crippen molar-refractivity contribution < 1.29 is 14.4 Å². The van der Waals surface area contributed by atoms with E-state index in [2.05, 4.69) is 47.2 Å². The van der Waals surface area contributed by atoms with Crippen LogP contribution in [0.3, 0.4) is 0 Å². The fourth-order valence-electron chi connectivity index (χ4n) is 4.21. The van der Waals surface area contributed by atoms with Crippen LogP contribution in [0, 0.1) is 34.6 Å². The van der Waals surface area contributed by atoms with E-state index in [1.54, 1.807) is 18.2 Å². The number of anilines is 1. The lowest BCUT2D eigenvalue weighted by Gasteiger charge is -2.13. The third-order valence-electron chi connectivity index (χ3n) is 5.96. The number of hydrogen-bond acceptors (Lipinski definition) is 3. The SMILES string of the molecule is Cc1ccc(NC(=O)CN2C(=O)NC(=Cc3cc(C)n(-c4ccc(C)cc4C)c3C)C2=O)cc1. The summed E-state index contributed by atoms with van der Waals surface area (Å²) in [6.07, 6.45) is 1.67. The number of hydrogen-bond donors (Lipinski definition) is 2. The number of aromatic nitrogens is 1. The van der Waals surface area contributed by atoms with Gasteiger partial charge >= 0.3 is 6.03 Å². The lowest BCUT2D eigenvalue weighted by atomic mass is 10.1. The van der Waals surface area contributed by atoms with Gasteiger partial charge in [0.1, 0.15) is 12.2 Å². The molecule has 0 radical (unpaired) electrons. The molecule has 1 aliphatic heterocycles. The first kappa shape index (κ1) is 23.0. The standard InChI is InChI=1S/C27H28N4O3/c1-16-6-9-22(10-7-16)28-25(32)15-30-26(33)23(29-27(30)34)14-21-13-19(4)31(20(21)5)24-11-8-17(2)12-18(24)3/h6-14H,15H2,1-5H3,(H,28,32)(H,29,34). The van der Waals surface area contributed by atoms with E-state index in [0.29, 0.717) is 5.69 Å². The summed E-state index contributed by atoms with van der Waals surface area (Å²) in [5.41, 5.74) is 8.03. The maximum atomic E-state index is 12.9. The van der Waals surface area contributed by atoms with Crippen molar-refractivity contribution >= 4 is 29.6 Å². The molecule has 7 nitrogen and oxygen atoms in total. The number of imide groups is 1. The molecule has 3 aromatic rings. The molecule has 1 fully saturated rings. The van der Waals surface area contributed by atoms with Crippen LogP contribution in [0.25, 0.3) is 11.8 Å². The minimum absolute atomic E-state index is 0.147. The van der Waals surface area contributed by atoms with Crippen LogP contribution >= 0.6 is 0 Å². The van der Waals surface area contributed by atoms with E-state index in [0.717, 1.165) is 38.7 Å². The summed E-state index contributed by atoms with van der Waals surface area (Å²) in [4.78, 5) is 38.7. The molecule has 4 amide bonds. The van der Waals surface area contributed by atoms with Crippen LogP contribution in [0.4, 0.5) is 10.5 Å². The smallest absolute Gasteiger partial charge is 0.325 e. The van der Waals surface area contributed by atoms with E-state index in [4.69, 9.17) is 0 Å². The molecule has 1 aliphatic rings. The average molecular weight is 457 g/mol. The maximum Gasteiger partial charge on any atom is 0.329 e. The Hall–Kier alpha value is -4.13. The van der Waals surface area contributed by atoms with Crippen molar-refractivity contribution in [3.63, 3.8) is 0 Å². The molecule has 0 atom stereocenters. The zero-order valence-corrected chi connectivity index (χ0v) is 20.0. The number of carbonyl (C=O) groups excluding carboxylic acids is 3. The van der Waals surface area contributed by atoms with Crippen LogP contribution in [0.5, 0.6) is 0 Å². The second kappa shape index (κ2) is 9.02. The van der Waals surface area contributed by atoms with Crippen molar-refractivity contribution in [2.24, 2.45) is 0 Å². The lowest BCUT2D eigenvalue weighted by molar-refractivity contribution is -0.127. The number of benzene rings is 2. The van der Waals surface area contributed by atoms with Crippen LogP contribution in [0.15, 0.2) is 54.2 Å². The molecule has 4 rings (SSSR count). The molecule has 0 bridgehead atoms. The van der Waals surface area contributed by atoms with Crippen molar-refractivity contribution in [2.45, 2.75) is 34.6 Å². The van der Waals surface area contributed by atoms with Crippen LogP contribution < -0.4 is 10.6 Å². The molecule has 174 valence electrons. The Bertz CT molecular complexity index is 1330. The van der Waals surface area contributed by atoms with Gasteiger partial charge < -0.3 is 15.2 Å². The topological polar surface area (TPSA) is 83.4 Å². The van der Waals surface area contributed by atoms with Gasteiger partial charge in [-0.1, -0.05) is 35.4 Å². The zero-order valence-electron chi connectivity index (χ0n) is 20.0. The average Bonchev–Trinajstić information content (AvgIpc) is 3.19. The third-order valence-corrected chi connectivity index (χ3v) is 5.96. The highest BCUT2D eigenvalue weighted by Crippen LogP contribution is 2.26. The third kappa shape index (κ3) is 4.50. The summed E-state index contributed by atoms with van der Waals surface area (Å²) in [7, 11) is 0. The first-order valence-corrected chi connectivity index (χ1v) is 11.1. The van der Waals surface area contributed by atoms with Gasteiger partial charge in [0.15, 0.2) is 0 Å². The summed E-state index contributed by atoms with van der Waals surface area (Å²) in [5, 5.41) is 5.32. The molecule has 34 heavy (non-hydrogen) atoms. The van der Waals surface area contributed by atoms with Crippen LogP contribution in [0.2, 0.25) is 0 Å². The van der Waals surface area contributed by atoms with Gasteiger partial charge in [-0.05, 0) is 76.1 Å². The molecule has 7 heteroatoms. The maximum absolute atomic E-state index is 12.9. The van der Waals surface area contributed by atoms with E-state index < -0.39 is 17.8 Å². The summed E-state index contributed by atoms with van der Waals surface area (Å²) >= 11 is 0. The number of nitrogens with zero attached hydrogens (tertiary/aromatic N) is 2. The van der Waals surface area contributed by atoms with Crippen molar-refractivity contribution in [3.05, 3.63) is 87.9 Å². The Morgan fingerprint density at radius 3 is 2.29 bits per heavy atom. The molecule has 0 unspecified atom stereocenters. The largest absolute Gasteiger partial charge is 0.329 e. The zero-order chi connectivity index (χ0) is 24.6. The number of rotatable bonds is 5. The number of carbonyl (C=O) groups is 3. The van der Waals surface area contributed by atoms with Gasteiger partial charge in [0.25, 0.3) is 5.91 Å². The molecule has 1 saturated heterocycles. The Labute approximate surface area is 199 Å². The van der Waals surface area contributed by atoms with E-state index in [-0.39, 0.29) is 12.2 Å². The number of aryl methyl sites for hydroxylation is 4. The van der Waals surface area contributed by atoms with Crippen molar-refractivity contribution in [1.29, 1.82) is 0 Å². The fraction of sp³-hybridized carbons (Fsp3) is 0.222. The Morgan fingerprint density at radius 2 is 1.62 bits per heavy atom. The second-order valence-corrected chi connectivity index (χ2v) is 8.75. The van der Waals surface area contributed by atoms with E-state index >= 15 is 0 Å². The molecule has 2 aromatic carbocycles. The van der Waals surface area contributed by atoms with E-state index in [1.165, 1.54) is 5.56 Å². The molecule has 2 N–H and O–H groups in total. The van der Waals surface area contributed by atoms with Gasteiger partial charge in [0.2, 0.25) is 5.91 Å². The van der Waals surface area contributed by atoms with Crippen LogP contribution in [0.1, 0.15) is 33.6 Å². The molecular formula is C27H28N4O3. The van der Waals surface area contributed by atoms with Gasteiger partial charge in [-0.15, -0.1) is 0 Å². The molecule has 0 spiro atoms. The molecule has 1 aromatic heterocycles. The highest BCUT2D eigenvalue weighted by atomic mass is 16.2. The van der Waals surface area contributed by atoms with Gasteiger partial charge in [0, 0.05) is 22.8 Å². The first-order chi connectivity index (χ1) is 16.1. The van der Waals surface area contributed by atoms with E-state index in [9.17, 15) is 14.4 Å². The first-order valence-electron chi connectivity index (χ1n) is 11.1. The predicted molar refractivity (Wildman–Crippen MR) is 133 cm³/mol. The number of amides is 4. The molecular weight excluding hydrogens is 428 g/mol. The molecule has 0 aliphatic carbocycles. The normalized spacial score (nSPS) is 14.6. The minimum atomic E-state index is -0.613. The summed E-state index contributed by atoms with van der Waals surface area (Å²) in [5.74, 6) is -0.970. The highest BCUT2D eigenvalue weighted by molar-refractivity contribution is 6.16. The van der Waals surface area contributed by atoms with Crippen molar-refractivity contribution in [1.82, 2.24) is 14.8 Å². The molecule has 0 saturated carbocycles. The van der Waals surface area contributed by atoms with Gasteiger partial charge in [0.05, 0.1) is 0 Å². The van der Waals surface area contributed by atoms with Gasteiger partial charge in [-0.3, -0.25) is 9.59 Å². The summed E-state index contributed by atoms with van der Waals surface area (Å²) in [6.45, 7) is 9.70. The summed E-state index contributed by atoms with van der Waals surface area (Å²) in [6, 6.07) is 14.9. The second-order valence-electron chi connectivity index (χ2n) is 8.75. The number of nitrogens with one attached hydrogen (secondary N) is 2. The van der Waals surface area contributed by atoms with Crippen LogP contribution in [-0.4, -0.2) is 33.9 Å². The van der Waals surface area contributed by atoms with Gasteiger partial charge in [-0.25, -0.2) is 9.69 Å². The quantitative estimate of drug-likeness (QED) is 0.436. The fourth-order valence-corrected chi connectivity index (χ4v) is 4.21. The Kier molecular flexibility index (Phi) is 6.11. The monoisotopic (exact) mass is 456 g/mol. The van der Waals surface area contributed by atoms with Gasteiger partial charge in [-0.2, -0.15) is 0 Å². The number of urea groups is 1. The Morgan fingerprint density at radius 1 is 0.941 bits per heavy atom. The Balaban J connectivity index is 1.54. The van der Waals surface area contributed by atoms with Crippen LogP contribution in [-0.2, 0) is 9.59 Å². The van der Waals surface area contributed by atoms with E-state index in [1.807, 2.05) is 39.0 Å². The molecule has 2 heterocycles. The summed E-state index contributed by atoms with van der Waals surface area (Å²) < 4.78 is 2.13.